The highest BCUT2D eigenvalue weighted by Gasteiger charge is 2.15. The molecule has 2 heteroatoms. The minimum Gasteiger partial charge on any atom is -0.384 e. The average Bonchev–Trinajstić information content (AvgIpc) is 2.37. The van der Waals surface area contributed by atoms with Crippen LogP contribution in [-0.4, -0.2) is 5.11 Å². The van der Waals surface area contributed by atoms with Crippen LogP contribution in [-0.2, 0) is 0 Å². The molecule has 0 aliphatic carbocycles. The van der Waals surface area contributed by atoms with Crippen LogP contribution in [0.15, 0.2) is 34.8 Å². The van der Waals surface area contributed by atoms with Gasteiger partial charge in [0.05, 0.1) is 0 Å². The Bertz CT molecular complexity index is 594. The Balaban J connectivity index is 2.49. The average molecular weight is 319 g/mol. The topological polar surface area (TPSA) is 20.2 Å². The first-order chi connectivity index (χ1) is 8.90. The van der Waals surface area contributed by atoms with E-state index in [2.05, 4.69) is 48.0 Å². The third-order valence-corrected chi connectivity index (χ3v) is 4.75. The highest BCUT2D eigenvalue weighted by atomic mass is 79.9. The molecule has 2 aromatic rings. The van der Waals surface area contributed by atoms with Gasteiger partial charge in [-0.25, -0.2) is 0 Å². The van der Waals surface area contributed by atoms with Crippen LogP contribution in [0.4, 0.5) is 0 Å². The van der Waals surface area contributed by atoms with Gasteiger partial charge in [0.1, 0.15) is 6.10 Å². The third kappa shape index (κ3) is 2.90. The predicted octanol–water partition coefficient (Wildman–Crippen LogP) is 4.76. The predicted molar refractivity (Wildman–Crippen MR) is 83.6 cm³/mol. The molecule has 0 aliphatic rings. The molecule has 2 aromatic carbocycles. The first kappa shape index (κ1) is 14.3. The molecule has 1 atom stereocenters. The van der Waals surface area contributed by atoms with Gasteiger partial charge in [0.15, 0.2) is 0 Å². The Labute approximate surface area is 123 Å². The maximum absolute atomic E-state index is 10.6. The largest absolute Gasteiger partial charge is 0.384 e. The molecular weight excluding hydrogens is 300 g/mol. The van der Waals surface area contributed by atoms with Gasteiger partial charge in [-0.2, -0.15) is 0 Å². The first-order valence-corrected chi connectivity index (χ1v) is 7.21. The van der Waals surface area contributed by atoms with E-state index in [1.807, 2.05) is 26.0 Å². The van der Waals surface area contributed by atoms with Crippen LogP contribution in [0.1, 0.15) is 39.5 Å². The highest BCUT2D eigenvalue weighted by molar-refractivity contribution is 9.10. The Morgan fingerprint density at radius 2 is 1.47 bits per heavy atom. The van der Waals surface area contributed by atoms with Crippen LogP contribution >= 0.6 is 15.9 Å². The van der Waals surface area contributed by atoms with Crippen LogP contribution in [0.3, 0.4) is 0 Å². The summed E-state index contributed by atoms with van der Waals surface area (Å²) >= 11 is 3.56. The maximum atomic E-state index is 10.6. The summed E-state index contributed by atoms with van der Waals surface area (Å²) in [6.07, 6.45) is -0.564. The van der Waals surface area contributed by atoms with E-state index in [-0.39, 0.29) is 0 Å². The fourth-order valence-electron chi connectivity index (χ4n) is 2.37. The fourth-order valence-corrected chi connectivity index (χ4v) is 2.60. The second-order valence-electron chi connectivity index (χ2n) is 5.23. The van der Waals surface area contributed by atoms with Crippen molar-refractivity contribution in [2.75, 3.05) is 0 Å². The van der Waals surface area contributed by atoms with Crippen LogP contribution < -0.4 is 0 Å². The molecule has 0 radical (unpaired) electrons. The zero-order valence-electron chi connectivity index (χ0n) is 11.8. The van der Waals surface area contributed by atoms with Crippen molar-refractivity contribution in [1.29, 1.82) is 0 Å². The Kier molecular flexibility index (Phi) is 4.12. The van der Waals surface area contributed by atoms with Gasteiger partial charge in [-0.15, -0.1) is 0 Å². The van der Waals surface area contributed by atoms with Gasteiger partial charge < -0.3 is 5.11 Å². The summed E-state index contributed by atoms with van der Waals surface area (Å²) < 4.78 is 1.12. The van der Waals surface area contributed by atoms with Gasteiger partial charge >= 0.3 is 0 Å². The molecule has 1 nitrogen and oxygen atoms in total. The van der Waals surface area contributed by atoms with Crippen LogP contribution in [0.25, 0.3) is 0 Å². The van der Waals surface area contributed by atoms with E-state index in [1.165, 1.54) is 5.56 Å². The summed E-state index contributed by atoms with van der Waals surface area (Å²) in [5, 5.41) is 10.6. The molecule has 0 aromatic heterocycles. The molecule has 0 fully saturated rings. The molecule has 19 heavy (non-hydrogen) atoms. The third-order valence-electron chi connectivity index (χ3n) is 3.50. The number of hydrogen-bond donors (Lipinski definition) is 1. The molecule has 100 valence electrons. The van der Waals surface area contributed by atoms with Crippen molar-refractivity contribution < 1.29 is 5.11 Å². The first-order valence-electron chi connectivity index (χ1n) is 6.42. The molecule has 2 rings (SSSR count). The van der Waals surface area contributed by atoms with Crippen LogP contribution in [0, 0.1) is 27.7 Å². The smallest absolute Gasteiger partial charge is 0.104 e. The molecule has 0 bridgehead atoms. The Hall–Kier alpha value is -1.12. The number of hydrogen-bond acceptors (Lipinski definition) is 1. The molecule has 0 spiro atoms. The van der Waals surface area contributed by atoms with Gasteiger partial charge in [0.2, 0.25) is 0 Å². The lowest BCUT2D eigenvalue weighted by Gasteiger charge is -2.17. The minimum absolute atomic E-state index is 0.564. The zero-order valence-corrected chi connectivity index (χ0v) is 13.4. The second kappa shape index (κ2) is 5.48. The van der Waals surface area contributed by atoms with E-state index >= 15 is 0 Å². The monoisotopic (exact) mass is 318 g/mol. The summed E-state index contributed by atoms with van der Waals surface area (Å²) in [4.78, 5) is 0. The highest BCUT2D eigenvalue weighted by Crippen LogP contribution is 2.30. The number of rotatable bonds is 2. The fraction of sp³-hybridized carbons (Fsp3) is 0.294. The number of benzene rings is 2. The number of aliphatic hydroxyl groups excluding tert-OH is 1. The van der Waals surface area contributed by atoms with E-state index in [0.29, 0.717) is 0 Å². The van der Waals surface area contributed by atoms with Crippen molar-refractivity contribution in [3.8, 4) is 0 Å². The summed E-state index contributed by atoms with van der Waals surface area (Å²) in [6.45, 7) is 8.19. The van der Waals surface area contributed by atoms with E-state index in [0.717, 1.165) is 32.3 Å². The van der Waals surface area contributed by atoms with Crippen molar-refractivity contribution in [2.24, 2.45) is 0 Å². The molecule has 0 saturated heterocycles. The molecule has 1 unspecified atom stereocenters. The molecule has 0 aliphatic heterocycles. The lowest BCUT2D eigenvalue weighted by Crippen LogP contribution is -2.03. The quantitative estimate of drug-likeness (QED) is 0.846. The van der Waals surface area contributed by atoms with Gasteiger partial charge in [-0.05, 0) is 55.5 Å². The van der Waals surface area contributed by atoms with Crippen molar-refractivity contribution in [1.82, 2.24) is 0 Å². The van der Waals surface area contributed by atoms with Crippen LogP contribution in [0.2, 0.25) is 0 Å². The summed E-state index contributed by atoms with van der Waals surface area (Å²) in [7, 11) is 0. The SMILES string of the molecule is Cc1ccc(C)c(C(O)c2cc(C)c(Br)c(C)c2)c1. The van der Waals surface area contributed by atoms with Crippen molar-refractivity contribution >= 4 is 15.9 Å². The Morgan fingerprint density at radius 1 is 0.895 bits per heavy atom. The molecule has 0 heterocycles. The molecule has 0 amide bonds. The minimum atomic E-state index is -0.564. The van der Waals surface area contributed by atoms with E-state index in [1.54, 1.807) is 0 Å². The van der Waals surface area contributed by atoms with E-state index < -0.39 is 6.10 Å². The standard InChI is InChI=1S/C17H19BrO/c1-10-5-6-11(2)15(7-10)17(19)14-8-12(3)16(18)13(4)9-14/h5-9,17,19H,1-4H3. The van der Waals surface area contributed by atoms with Gasteiger partial charge in [-0.1, -0.05) is 51.8 Å². The number of aliphatic hydroxyl groups is 1. The van der Waals surface area contributed by atoms with Gasteiger partial charge in [0, 0.05) is 4.47 Å². The Morgan fingerprint density at radius 3 is 2.05 bits per heavy atom. The molecule has 0 saturated carbocycles. The van der Waals surface area contributed by atoms with Gasteiger partial charge in [0.25, 0.3) is 0 Å². The lowest BCUT2D eigenvalue weighted by molar-refractivity contribution is 0.219. The van der Waals surface area contributed by atoms with E-state index in [9.17, 15) is 5.11 Å². The van der Waals surface area contributed by atoms with Crippen molar-refractivity contribution in [3.05, 3.63) is 68.2 Å². The van der Waals surface area contributed by atoms with Crippen LogP contribution in [0.5, 0.6) is 0 Å². The number of aryl methyl sites for hydroxylation is 4. The van der Waals surface area contributed by atoms with Crippen molar-refractivity contribution in [3.63, 3.8) is 0 Å². The summed E-state index contributed by atoms with van der Waals surface area (Å²) in [5.74, 6) is 0. The summed E-state index contributed by atoms with van der Waals surface area (Å²) in [5.41, 5.74) is 6.54. The normalized spacial score (nSPS) is 12.5. The summed E-state index contributed by atoms with van der Waals surface area (Å²) in [6, 6.07) is 10.3. The second-order valence-corrected chi connectivity index (χ2v) is 6.02. The van der Waals surface area contributed by atoms with Gasteiger partial charge in [-0.3, -0.25) is 0 Å². The zero-order chi connectivity index (χ0) is 14.2. The van der Waals surface area contributed by atoms with E-state index in [4.69, 9.17) is 0 Å². The van der Waals surface area contributed by atoms with Crippen molar-refractivity contribution in [2.45, 2.75) is 33.8 Å². The molecular formula is C17H19BrO. The number of halogens is 1. The lowest BCUT2D eigenvalue weighted by atomic mass is 9.94. The maximum Gasteiger partial charge on any atom is 0.104 e. The molecule has 1 N–H and O–H groups in total.